The highest BCUT2D eigenvalue weighted by Crippen LogP contribution is 2.29. The molecule has 0 radical (unpaired) electrons. The number of benzene rings is 2. The number of rotatable bonds is 8. The molecule has 0 aliphatic rings. The van der Waals surface area contributed by atoms with Crippen molar-refractivity contribution in [1.29, 1.82) is 0 Å². The van der Waals surface area contributed by atoms with Gasteiger partial charge in [0.1, 0.15) is 11.0 Å². The molecule has 136 valence electrons. The van der Waals surface area contributed by atoms with E-state index >= 15 is 0 Å². The van der Waals surface area contributed by atoms with E-state index in [9.17, 15) is 16.8 Å². The van der Waals surface area contributed by atoms with Gasteiger partial charge in [0, 0.05) is 6.54 Å². The van der Waals surface area contributed by atoms with Crippen molar-refractivity contribution in [3.05, 3.63) is 60.2 Å². The molecule has 0 saturated heterocycles. The first kappa shape index (κ1) is 19.4. The molecule has 2 aromatic carbocycles. The van der Waals surface area contributed by atoms with Crippen LogP contribution in [0.25, 0.3) is 0 Å². The van der Waals surface area contributed by atoms with E-state index in [1.807, 2.05) is 0 Å². The van der Waals surface area contributed by atoms with Crippen molar-refractivity contribution in [1.82, 2.24) is 4.72 Å². The minimum Gasteiger partial charge on any atom is -0.497 e. The zero-order chi connectivity index (χ0) is 18.5. The summed E-state index contributed by atoms with van der Waals surface area (Å²) in [4.78, 5) is 0.109. The molecule has 1 atom stereocenters. The average molecular weight is 383 g/mol. The highest BCUT2D eigenvalue weighted by atomic mass is 32.2. The third-order valence-corrected chi connectivity index (χ3v) is 7.29. The van der Waals surface area contributed by atoms with Crippen LogP contribution in [0.4, 0.5) is 0 Å². The van der Waals surface area contributed by atoms with Crippen LogP contribution in [0.2, 0.25) is 0 Å². The number of ether oxygens (including phenoxy) is 1. The maximum atomic E-state index is 13.1. The van der Waals surface area contributed by atoms with Crippen LogP contribution >= 0.6 is 0 Å². The van der Waals surface area contributed by atoms with Gasteiger partial charge in [0.2, 0.25) is 10.0 Å². The third kappa shape index (κ3) is 4.81. The first-order valence-corrected chi connectivity index (χ1v) is 10.9. The lowest BCUT2D eigenvalue weighted by Gasteiger charge is -2.19. The Hall–Kier alpha value is -1.90. The highest BCUT2D eigenvalue weighted by molar-refractivity contribution is 7.92. The van der Waals surface area contributed by atoms with Crippen molar-refractivity contribution in [2.75, 3.05) is 19.4 Å². The predicted molar refractivity (Wildman–Crippen MR) is 96.8 cm³/mol. The topological polar surface area (TPSA) is 89.5 Å². The minimum atomic E-state index is -3.79. The summed E-state index contributed by atoms with van der Waals surface area (Å²) >= 11 is 0. The maximum absolute atomic E-state index is 13.1. The molecule has 0 aromatic heterocycles. The Morgan fingerprint density at radius 3 is 2.08 bits per heavy atom. The second-order valence-corrected chi connectivity index (χ2v) is 9.60. The number of hydrogen-bond acceptors (Lipinski definition) is 5. The summed E-state index contributed by atoms with van der Waals surface area (Å²) < 4.78 is 57.1. The van der Waals surface area contributed by atoms with Crippen molar-refractivity contribution >= 4 is 19.9 Å². The molecule has 1 N–H and O–H groups in total. The van der Waals surface area contributed by atoms with Gasteiger partial charge in [-0.25, -0.2) is 21.6 Å². The van der Waals surface area contributed by atoms with Gasteiger partial charge in [0.15, 0.2) is 9.84 Å². The molecule has 2 aromatic rings. The van der Waals surface area contributed by atoms with Crippen LogP contribution in [-0.4, -0.2) is 36.2 Å². The lowest BCUT2D eigenvalue weighted by Crippen LogP contribution is -2.32. The van der Waals surface area contributed by atoms with E-state index in [4.69, 9.17) is 4.74 Å². The van der Waals surface area contributed by atoms with Gasteiger partial charge in [0.05, 0.1) is 17.8 Å². The second-order valence-electron chi connectivity index (χ2n) is 5.37. The monoisotopic (exact) mass is 383 g/mol. The lowest BCUT2D eigenvalue weighted by atomic mass is 10.1. The van der Waals surface area contributed by atoms with E-state index < -0.39 is 25.1 Å². The van der Waals surface area contributed by atoms with Crippen LogP contribution in [0.15, 0.2) is 59.5 Å². The molecule has 6 nitrogen and oxygen atoms in total. The maximum Gasteiger partial charge on any atom is 0.211 e. The quantitative estimate of drug-likeness (QED) is 0.754. The zero-order valence-electron chi connectivity index (χ0n) is 14.0. The molecule has 0 bridgehead atoms. The Kier molecular flexibility index (Phi) is 6.21. The van der Waals surface area contributed by atoms with Crippen molar-refractivity contribution in [2.45, 2.75) is 17.1 Å². The molecule has 0 aliphatic carbocycles. The Balaban J connectivity index is 2.42. The van der Waals surface area contributed by atoms with E-state index in [-0.39, 0.29) is 17.2 Å². The Bertz CT molecular complexity index is 892. The molecule has 0 saturated carbocycles. The second kappa shape index (κ2) is 7.99. The summed E-state index contributed by atoms with van der Waals surface area (Å²) in [5, 5.41) is -1.02. The number of hydrogen-bond donors (Lipinski definition) is 1. The smallest absolute Gasteiger partial charge is 0.211 e. The van der Waals surface area contributed by atoms with Crippen molar-refractivity contribution < 1.29 is 21.6 Å². The molecule has 0 amide bonds. The van der Waals surface area contributed by atoms with Crippen molar-refractivity contribution in [3.63, 3.8) is 0 Å². The van der Waals surface area contributed by atoms with Crippen molar-refractivity contribution in [2.24, 2.45) is 0 Å². The van der Waals surface area contributed by atoms with Gasteiger partial charge in [-0.1, -0.05) is 30.3 Å². The van der Waals surface area contributed by atoms with Crippen LogP contribution in [0, 0.1) is 0 Å². The fourth-order valence-electron chi connectivity index (χ4n) is 2.31. The number of sulfonamides is 1. The van der Waals surface area contributed by atoms with Gasteiger partial charge in [0.25, 0.3) is 0 Å². The third-order valence-electron chi connectivity index (χ3n) is 3.80. The first-order valence-electron chi connectivity index (χ1n) is 7.70. The predicted octanol–water partition coefficient (Wildman–Crippen LogP) is 2.15. The first-order chi connectivity index (χ1) is 11.8. The van der Waals surface area contributed by atoms with Gasteiger partial charge >= 0.3 is 0 Å². The summed E-state index contributed by atoms with van der Waals surface area (Å²) in [5.41, 5.74) is 0.525. The molecule has 0 aliphatic heterocycles. The fourth-order valence-corrected chi connectivity index (χ4v) is 4.70. The molecule has 2 rings (SSSR count). The summed E-state index contributed by atoms with van der Waals surface area (Å²) in [6.45, 7) is 1.27. The molecule has 8 heteroatoms. The minimum absolute atomic E-state index is 0.109. The number of nitrogens with one attached hydrogen (secondary N) is 1. The molecular weight excluding hydrogens is 362 g/mol. The highest BCUT2D eigenvalue weighted by Gasteiger charge is 2.30. The Morgan fingerprint density at radius 2 is 1.56 bits per heavy atom. The van der Waals surface area contributed by atoms with Gasteiger partial charge in [-0.2, -0.15) is 0 Å². The molecule has 25 heavy (non-hydrogen) atoms. The van der Waals surface area contributed by atoms with Crippen LogP contribution in [0.1, 0.15) is 17.7 Å². The average Bonchev–Trinajstić information content (AvgIpc) is 2.62. The molecular formula is C17H21NO5S2. The molecule has 0 fully saturated rings. The molecule has 0 heterocycles. The van der Waals surface area contributed by atoms with E-state index in [0.717, 1.165) is 0 Å². The van der Waals surface area contributed by atoms with E-state index in [1.165, 1.54) is 26.2 Å². The summed E-state index contributed by atoms with van der Waals surface area (Å²) in [6.07, 6.45) is 0. The molecule has 0 spiro atoms. The van der Waals surface area contributed by atoms with Crippen LogP contribution in [0.5, 0.6) is 5.75 Å². The van der Waals surface area contributed by atoms with Gasteiger partial charge < -0.3 is 4.74 Å². The number of sulfone groups is 1. The Labute approximate surface area is 148 Å². The number of methoxy groups -OCH3 is 1. The Morgan fingerprint density at radius 1 is 0.960 bits per heavy atom. The van der Waals surface area contributed by atoms with Crippen molar-refractivity contribution in [3.8, 4) is 5.75 Å². The summed E-state index contributed by atoms with van der Waals surface area (Å²) in [5.74, 6) is 0.429. The lowest BCUT2D eigenvalue weighted by molar-refractivity contribution is 0.414. The zero-order valence-corrected chi connectivity index (χ0v) is 15.7. The van der Waals surface area contributed by atoms with Crippen LogP contribution in [-0.2, 0) is 19.9 Å². The van der Waals surface area contributed by atoms with Gasteiger partial charge in [-0.15, -0.1) is 0 Å². The molecule has 1 unspecified atom stereocenters. The summed E-state index contributed by atoms with van der Waals surface area (Å²) in [7, 11) is -5.81. The SMILES string of the molecule is CCS(=O)(=O)NCC(c1ccccc1)S(=O)(=O)c1ccc(OC)cc1. The fraction of sp³-hybridized carbons (Fsp3) is 0.294. The van der Waals surface area contributed by atoms with Gasteiger partial charge in [-0.3, -0.25) is 0 Å². The van der Waals surface area contributed by atoms with Crippen LogP contribution in [0.3, 0.4) is 0 Å². The van der Waals surface area contributed by atoms with E-state index in [1.54, 1.807) is 42.5 Å². The standard InChI is InChI=1S/C17H21NO5S2/c1-3-24(19,20)18-13-17(14-7-5-4-6-8-14)25(21,22)16-11-9-15(23-2)10-12-16/h4-12,17-18H,3,13H2,1-2H3. The van der Waals surface area contributed by atoms with Gasteiger partial charge in [-0.05, 0) is 36.8 Å². The summed E-state index contributed by atoms with van der Waals surface area (Å²) in [6, 6.07) is 14.6. The van der Waals surface area contributed by atoms with E-state index in [2.05, 4.69) is 4.72 Å². The van der Waals surface area contributed by atoms with Crippen LogP contribution < -0.4 is 9.46 Å². The van der Waals surface area contributed by atoms with E-state index in [0.29, 0.717) is 11.3 Å². The largest absolute Gasteiger partial charge is 0.497 e. The normalized spacial score (nSPS) is 13.4.